The Morgan fingerprint density at radius 3 is 2.42 bits per heavy atom. The standard InChI is InChI=1S/C17H23F3N2O2/c1-16(2,3)13-7-5-4-6-11(13)12-8-22(10-17(18,19)20)9-14(12)21-15(23)24/h4-7,12,14,21H,8-10H2,1-3H3,(H,23,24). The van der Waals surface area contributed by atoms with Crippen LogP contribution in [0.4, 0.5) is 18.0 Å². The van der Waals surface area contributed by atoms with Crippen LogP contribution >= 0.6 is 0 Å². The van der Waals surface area contributed by atoms with Crippen LogP contribution in [0.1, 0.15) is 37.8 Å². The van der Waals surface area contributed by atoms with E-state index in [1.807, 2.05) is 45.0 Å². The van der Waals surface area contributed by atoms with Crippen molar-refractivity contribution in [1.82, 2.24) is 10.2 Å². The Hall–Kier alpha value is -1.76. The lowest BCUT2D eigenvalue weighted by Crippen LogP contribution is -2.40. The van der Waals surface area contributed by atoms with Crippen LogP contribution in [0, 0.1) is 0 Å². The Bertz CT molecular complexity index is 596. The SMILES string of the molecule is CC(C)(C)c1ccccc1C1CN(CC(F)(F)F)CC1NC(=O)O. The molecule has 0 radical (unpaired) electrons. The van der Waals surface area contributed by atoms with Gasteiger partial charge in [0, 0.05) is 19.0 Å². The number of rotatable bonds is 3. The maximum absolute atomic E-state index is 12.7. The summed E-state index contributed by atoms with van der Waals surface area (Å²) in [6.45, 7) is 5.31. The van der Waals surface area contributed by atoms with Gasteiger partial charge in [0.25, 0.3) is 0 Å². The molecule has 0 aromatic heterocycles. The van der Waals surface area contributed by atoms with Crippen molar-refractivity contribution < 1.29 is 23.1 Å². The number of hydrogen-bond acceptors (Lipinski definition) is 2. The predicted molar refractivity (Wildman–Crippen MR) is 85.3 cm³/mol. The molecule has 1 aromatic carbocycles. The molecule has 4 nitrogen and oxygen atoms in total. The van der Waals surface area contributed by atoms with Crippen LogP contribution in [0.5, 0.6) is 0 Å². The Morgan fingerprint density at radius 1 is 1.25 bits per heavy atom. The van der Waals surface area contributed by atoms with Crippen LogP contribution in [0.15, 0.2) is 24.3 Å². The normalized spacial score (nSPS) is 22.6. The smallest absolute Gasteiger partial charge is 0.404 e. The number of likely N-dealkylation sites (tertiary alicyclic amines) is 1. The first-order valence-corrected chi connectivity index (χ1v) is 7.85. The van der Waals surface area contributed by atoms with Gasteiger partial charge < -0.3 is 10.4 Å². The van der Waals surface area contributed by atoms with E-state index in [4.69, 9.17) is 5.11 Å². The third-order valence-electron chi connectivity index (χ3n) is 4.28. The number of nitrogens with zero attached hydrogens (tertiary/aromatic N) is 1. The van der Waals surface area contributed by atoms with Crippen LogP contribution in [-0.2, 0) is 5.41 Å². The molecule has 1 aromatic rings. The second-order valence-electron chi connectivity index (χ2n) is 7.31. The van der Waals surface area contributed by atoms with Crippen molar-refractivity contribution in [2.24, 2.45) is 0 Å². The van der Waals surface area contributed by atoms with Gasteiger partial charge in [0.15, 0.2) is 0 Å². The van der Waals surface area contributed by atoms with Gasteiger partial charge in [-0.2, -0.15) is 13.2 Å². The number of nitrogens with one attached hydrogen (secondary N) is 1. The summed E-state index contributed by atoms with van der Waals surface area (Å²) in [6.07, 6.45) is -5.52. The van der Waals surface area contributed by atoms with E-state index in [-0.39, 0.29) is 24.4 Å². The summed E-state index contributed by atoms with van der Waals surface area (Å²) in [7, 11) is 0. The second kappa shape index (κ2) is 6.63. The average Bonchev–Trinajstić information content (AvgIpc) is 2.77. The first-order valence-electron chi connectivity index (χ1n) is 7.85. The van der Waals surface area contributed by atoms with Gasteiger partial charge in [-0.3, -0.25) is 4.90 Å². The predicted octanol–water partition coefficient (Wildman–Crippen LogP) is 3.58. The van der Waals surface area contributed by atoms with Gasteiger partial charge in [0.2, 0.25) is 0 Å². The van der Waals surface area contributed by atoms with E-state index in [2.05, 4.69) is 5.32 Å². The number of carbonyl (C=O) groups is 1. The van der Waals surface area contributed by atoms with Crippen molar-refractivity contribution in [3.63, 3.8) is 0 Å². The van der Waals surface area contributed by atoms with E-state index in [1.165, 1.54) is 4.90 Å². The third-order valence-corrected chi connectivity index (χ3v) is 4.28. The fraction of sp³-hybridized carbons (Fsp3) is 0.588. The minimum atomic E-state index is -4.30. The summed E-state index contributed by atoms with van der Waals surface area (Å²) in [6, 6.07) is 7.02. The molecule has 1 heterocycles. The fourth-order valence-electron chi connectivity index (χ4n) is 3.39. The summed E-state index contributed by atoms with van der Waals surface area (Å²) in [4.78, 5) is 12.3. The zero-order valence-corrected chi connectivity index (χ0v) is 14.0. The molecule has 2 rings (SSSR count). The molecule has 24 heavy (non-hydrogen) atoms. The van der Waals surface area contributed by atoms with E-state index in [0.29, 0.717) is 0 Å². The molecular weight excluding hydrogens is 321 g/mol. The van der Waals surface area contributed by atoms with E-state index < -0.39 is 24.9 Å². The number of halogens is 3. The molecule has 2 atom stereocenters. The fourth-order valence-corrected chi connectivity index (χ4v) is 3.39. The third kappa shape index (κ3) is 4.63. The molecule has 0 aliphatic carbocycles. The van der Waals surface area contributed by atoms with Crippen molar-refractivity contribution >= 4 is 6.09 Å². The Balaban J connectivity index is 2.34. The lowest BCUT2D eigenvalue weighted by Gasteiger charge is -2.28. The van der Waals surface area contributed by atoms with Gasteiger partial charge in [-0.25, -0.2) is 4.79 Å². The quantitative estimate of drug-likeness (QED) is 0.881. The molecule has 134 valence electrons. The summed E-state index contributed by atoms with van der Waals surface area (Å²) >= 11 is 0. The highest BCUT2D eigenvalue weighted by atomic mass is 19.4. The van der Waals surface area contributed by atoms with Crippen molar-refractivity contribution in [3.8, 4) is 0 Å². The van der Waals surface area contributed by atoms with Crippen molar-refractivity contribution in [3.05, 3.63) is 35.4 Å². The molecule has 0 saturated carbocycles. The largest absolute Gasteiger partial charge is 0.465 e. The van der Waals surface area contributed by atoms with Crippen LogP contribution in [0.25, 0.3) is 0 Å². The lowest BCUT2D eigenvalue weighted by atomic mass is 9.79. The van der Waals surface area contributed by atoms with Crippen LogP contribution in [0.2, 0.25) is 0 Å². The molecule has 1 fully saturated rings. The van der Waals surface area contributed by atoms with Crippen LogP contribution in [0.3, 0.4) is 0 Å². The zero-order valence-electron chi connectivity index (χ0n) is 14.0. The molecule has 1 aliphatic rings. The Labute approximate surface area is 139 Å². The number of hydrogen-bond donors (Lipinski definition) is 2. The highest BCUT2D eigenvalue weighted by molar-refractivity contribution is 5.65. The topological polar surface area (TPSA) is 52.6 Å². The minimum Gasteiger partial charge on any atom is -0.465 e. The van der Waals surface area contributed by atoms with Gasteiger partial charge in [-0.1, -0.05) is 45.0 Å². The summed E-state index contributed by atoms with van der Waals surface area (Å²) in [5, 5.41) is 11.4. The minimum absolute atomic E-state index is 0.0505. The van der Waals surface area contributed by atoms with Gasteiger partial charge in [-0.05, 0) is 16.5 Å². The van der Waals surface area contributed by atoms with Crippen LogP contribution < -0.4 is 5.32 Å². The number of benzene rings is 1. The van der Waals surface area contributed by atoms with Gasteiger partial charge in [0.1, 0.15) is 0 Å². The van der Waals surface area contributed by atoms with E-state index in [1.54, 1.807) is 0 Å². The molecule has 2 N–H and O–H groups in total. The first kappa shape index (κ1) is 18.6. The monoisotopic (exact) mass is 344 g/mol. The number of alkyl halides is 3. The van der Waals surface area contributed by atoms with E-state index in [0.717, 1.165) is 11.1 Å². The first-order chi connectivity index (χ1) is 11.0. The van der Waals surface area contributed by atoms with Gasteiger partial charge in [0.05, 0.1) is 12.6 Å². The molecule has 1 saturated heterocycles. The summed E-state index contributed by atoms with van der Waals surface area (Å²) < 4.78 is 38.2. The van der Waals surface area contributed by atoms with Crippen molar-refractivity contribution in [2.45, 2.75) is 44.3 Å². The van der Waals surface area contributed by atoms with E-state index >= 15 is 0 Å². The molecule has 0 spiro atoms. The molecular formula is C17H23F3N2O2. The highest BCUT2D eigenvalue weighted by Crippen LogP contribution is 2.36. The number of amides is 1. The molecule has 2 unspecified atom stereocenters. The van der Waals surface area contributed by atoms with Gasteiger partial charge >= 0.3 is 12.3 Å². The highest BCUT2D eigenvalue weighted by Gasteiger charge is 2.41. The Morgan fingerprint density at radius 2 is 1.88 bits per heavy atom. The molecule has 1 amide bonds. The average molecular weight is 344 g/mol. The second-order valence-corrected chi connectivity index (χ2v) is 7.31. The van der Waals surface area contributed by atoms with Crippen molar-refractivity contribution in [2.75, 3.05) is 19.6 Å². The zero-order chi connectivity index (χ0) is 18.1. The Kier molecular flexibility index (Phi) is 5.13. The van der Waals surface area contributed by atoms with Crippen LogP contribution in [-0.4, -0.2) is 48.0 Å². The maximum Gasteiger partial charge on any atom is 0.404 e. The summed E-state index contributed by atoms with van der Waals surface area (Å²) in [5.74, 6) is -0.307. The van der Waals surface area contributed by atoms with Gasteiger partial charge in [-0.15, -0.1) is 0 Å². The number of carboxylic acid groups (broad SMARTS) is 1. The molecule has 1 aliphatic heterocycles. The molecule has 7 heteroatoms. The molecule has 0 bridgehead atoms. The lowest BCUT2D eigenvalue weighted by molar-refractivity contribution is -0.143. The summed E-state index contributed by atoms with van der Waals surface area (Å²) in [5.41, 5.74) is 1.76. The van der Waals surface area contributed by atoms with E-state index in [9.17, 15) is 18.0 Å². The van der Waals surface area contributed by atoms with Crippen molar-refractivity contribution in [1.29, 1.82) is 0 Å². The maximum atomic E-state index is 12.7.